The van der Waals surface area contributed by atoms with Gasteiger partial charge >= 0.3 is 0 Å². The molecule has 6 N–H and O–H groups in total. The van der Waals surface area contributed by atoms with Crippen molar-refractivity contribution in [1.29, 1.82) is 10.8 Å². The maximum Gasteiger partial charge on any atom is 0.151 e. The molecular weight excluding hydrogens is 523 g/mol. The summed E-state index contributed by atoms with van der Waals surface area (Å²) in [6.45, 7) is 0. The van der Waals surface area contributed by atoms with Crippen LogP contribution in [-0.4, -0.2) is 10.3 Å². The van der Waals surface area contributed by atoms with Crippen LogP contribution in [0.25, 0.3) is 0 Å². The molecule has 0 amide bonds. The lowest BCUT2D eigenvalue weighted by Gasteiger charge is -2.12. The molecule has 0 saturated heterocycles. The smallest absolute Gasteiger partial charge is 0.151 e. The number of nitrogens with two attached hydrogens (primary N) is 2. The normalized spacial score (nSPS) is 9.73. The Kier molecular flexibility index (Phi) is 12.3. The zero-order chi connectivity index (χ0) is 17.5. The first kappa shape index (κ1) is 25.3. The molecule has 0 saturated carbocycles. The molecule has 0 unspecified atom stereocenters. The van der Waals surface area contributed by atoms with Crippen LogP contribution in [0, 0.1) is 16.6 Å². The lowest BCUT2D eigenvalue weighted by molar-refractivity contribution is 0.625. The number of nitrogens with one attached hydrogen (secondary N) is 2. The molecule has 0 fully saturated rings. The zero-order valence-corrected chi connectivity index (χ0v) is 19.4. The largest absolute Gasteiger partial charge is 0.379 e. The molecule has 2 aromatic rings. The van der Waals surface area contributed by atoms with Crippen LogP contribution in [0.15, 0.2) is 52.3 Å². The van der Waals surface area contributed by atoms with Gasteiger partial charge in [0.15, 0.2) is 10.3 Å². The number of rotatable bonds is 6. The quantitative estimate of drug-likeness (QED) is 0.290. The molecule has 0 radical (unpaired) electrons. The Morgan fingerprint density at radius 3 is 2.00 bits per heavy atom. The first-order valence-electron chi connectivity index (χ1n) is 6.93. The molecule has 0 aliphatic carbocycles. The molecule has 0 aliphatic rings. The van der Waals surface area contributed by atoms with Gasteiger partial charge < -0.3 is 11.5 Å². The topological polar surface area (TPSA) is 99.7 Å². The van der Waals surface area contributed by atoms with E-state index in [4.69, 9.17) is 22.3 Å². The van der Waals surface area contributed by atoms with Gasteiger partial charge in [0, 0.05) is 21.3 Å². The fourth-order valence-electron chi connectivity index (χ4n) is 1.91. The minimum Gasteiger partial charge on any atom is -0.379 e. The van der Waals surface area contributed by atoms with E-state index in [1.807, 2.05) is 24.3 Å². The Balaban J connectivity index is 0.00000312. The molecule has 2 aromatic carbocycles. The van der Waals surface area contributed by atoms with Crippen molar-refractivity contribution in [2.75, 3.05) is 0 Å². The lowest BCUT2D eigenvalue weighted by Crippen LogP contribution is -2.04. The third-order valence-corrected chi connectivity index (χ3v) is 5.75. The molecule has 10 heteroatoms. The van der Waals surface area contributed by atoms with Crippen LogP contribution in [-0.2, 0) is 11.5 Å². The van der Waals surface area contributed by atoms with Crippen molar-refractivity contribution < 1.29 is 4.39 Å². The third kappa shape index (κ3) is 8.34. The Bertz CT molecular complexity index is 762. The minimum absolute atomic E-state index is 0. The summed E-state index contributed by atoms with van der Waals surface area (Å²) in [6, 6.07) is 12.5. The van der Waals surface area contributed by atoms with Crippen molar-refractivity contribution in [1.82, 2.24) is 0 Å². The molecule has 0 heterocycles. The van der Waals surface area contributed by atoms with Crippen molar-refractivity contribution in [3.8, 4) is 0 Å². The summed E-state index contributed by atoms with van der Waals surface area (Å²) < 4.78 is 13.6. The summed E-state index contributed by atoms with van der Waals surface area (Å²) in [5.41, 5.74) is 12.7. The standard InChI is InChI=1S/C16H17FN4S3.2BrH/c17-12-5-6-14(11(7-12)9-23-16(20)21)24-13-4-2-1-3-10(13)8-22-15(18)19;;/h1-7H,8-9H2,(H3,18,19)(H3,20,21);2*1H. The highest BCUT2D eigenvalue weighted by Crippen LogP contribution is 2.35. The van der Waals surface area contributed by atoms with Crippen LogP contribution in [0.3, 0.4) is 0 Å². The van der Waals surface area contributed by atoms with E-state index in [0.29, 0.717) is 11.5 Å². The van der Waals surface area contributed by atoms with Gasteiger partial charge in [-0.1, -0.05) is 53.5 Å². The zero-order valence-electron chi connectivity index (χ0n) is 13.5. The molecular formula is C16H19Br2FN4S3. The third-order valence-electron chi connectivity index (χ3n) is 2.98. The van der Waals surface area contributed by atoms with Gasteiger partial charge in [-0.15, -0.1) is 34.0 Å². The van der Waals surface area contributed by atoms with Crippen molar-refractivity contribution in [2.45, 2.75) is 21.3 Å². The Morgan fingerprint density at radius 2 is 1.38 bits per heavy atom. The lowest BCUT2D eigenvalue weighted by atomic mass is 10.2. The molecule has 0 atom stereocenters. The summed E-state index contributed by atoms with van der Waals surface area (Å²) >= 11 is 3.97. The van der Waals surface area contributed by atoms with Gasteiger partial charge in [-0.05, 0) is 35.4 Å². The number of amidine groups is 2. The fraction of sp³-hybridized carbons (Fsp3) is 0.125. The van der Waals surface area contributed by atoms with Crippen molar-refractivity contribution >= 4 is 79.6 Å². The van der Waals surface area contributed by atoms with Gasteiger partial charge in [0.1, 0.15) is 5.82 Å². The van der Waals surface area contributed by atoms with Gasteiger partial charge in [0.2, 0.25) is 0 Å². The van der Waals surface area contributed by atoms with Crippen LogP contribution in [0.1, 0.15) is 11.1 Å². The van der Waals surface area contributed by atoms with Crippen LogP contribution < -0.4 is 11.5 Å². The van der Waals surface area contributed by atoms with E-state index in [-0.39, 0.29) is 50.1 Å². The second-order valence-electron chi connectivity index (χ2n) is 4.77. The van der Waals surface area contributed by atoms with Crippen LogP contribution in [0.2, 0.25) is 0 Å². The van der Waals surface area contributed by atoms with Gasteiger partial charge in [-0.2, -0.15) is 0 Å². The number of benzene rings is 2. The van der Waals surface area contributed by atoms with Crippen LogP contribution in [0.4, 0.5) is 4.39 Å². The predicted molar refractivity (Wildman–Crippen MR) is 124 cm³/mol. The highest BCUT2D eigenvalue weighted by molar-refractivity contribution is 8.93. The second-order valence-corrected chi connectivity index (χ2v) is 7.89. The Labute approximate surface area is 186 Å². The van der Waals surface area contributed by atoms with Gasteiger partial charge in [0.05, 0.1) is 0 Å². The second kappa shape index (κ2) is 12.7. The number of hydrogen-bond acceptors (Lipinski definition) is 5. The SMILES string of the molecule is Br.Br.N=C(N)SCc1ccccc1Sc1ccc(F)cc1CSC(=N)N. The van der Waals surface area contributed by atoms with Crippen LogP contribution in [0.5, 0.6) is 0 Å². The first-order valence-corrected chi connectivity index (χ1v) is 9.72. The van der Waals surface area contributed by atoms with E-state index in [1.165, 1.54) is 47.4 Å². The van der Waals surface area contributed by atoms with E-state index in [2.05, 4.69) is 0 Å². The Morgan fingerprint density at radius 1 is 0.846 bits per heavy atom. The van der Waals surface area contributed by atoms with Crippen LogP contribution >= 0.6 is 69.2 Å². The first-order chi connectivity index (χ1) is 11.5. The fourth-order valence-corrected chi connectivity index (χ4v) is 4.26. The average molecular weight is 542 g/mol. The molecule has 0 aromatic heterocycles. The molecule has 4 nitrogen and oxygen atoms in total. The van der Waals surface area contributed by atoms with Gasteiger partial charge in [-0.3, -0.25) is 10.8 Å². The van der Waals surface area contributed by atoms with Crippen molar-refractivity contribution in [3.05, 3.63) is 59.4 Å². The summed E-state index contributed by atoms with van der Waals surface area (Å²) in [6.07, 6.45) is 0. The number of hydrogen-bond donors (Lipinski definition) is 4. The highest BCUT2D eigenvalue weighted by Gasteiger charge is 2.10. The summed E-state index contributed by atoms with van der Waals surface area (Å²) in [5.74, 6) is 0.746. The molecule has 0 spiro atoms. The maximum absolute atomic E-state index is 13.6. The molecule has 142 valence electrons. The van der Waals surface area contributed by atoms with E-state index < -0.39 is 0 Å². The summed E-state index contributed by atoms with van der Waals surface area (Å²) in [4.78, 5) is 1.96. The van der Waals surface area contributed by atoms with Gasteiger partial charge in [0.25, 0.3) is 0 Å². The molecule has 26 heavy (non-hydrogen) atoms. The maximum atomic E-state index is 13.6. The molecule has 0 aliphatic heterocycles. The Hall–Kier alpha value is -0.680. The van der Waals surface area contributed by atoms with Gasteiger partial charge in [-0.25, -0.2) is 4.39 Å². The summed E-state index contributed by atoms with van der Waals surface area (Å²) in [5, 5.41) is 14.8. The van der Waals surface area contributed by atoms with E-state index in [0.717, 1.165) is 20.9 Å². The monoisotopic (exact) mass is 540 g/mol. The van der Waals surface area contributed by atoms with E-state index >= 15 is 0 Å². The van der Waals surface area contributed by atoms with Crippen molar-refractivity contribution in [3.63, 3.8) is 0 Å². The number of halogens is 3. The molecule has 2 rings (SSSR count). The number of thioether (sulfide) groups is 2. The summed E-state index contributed by atoms with van der Waals surface area (Å²) in [7, 11) is 0. The van der Waals surface area contributed by atoms with E-state index in [1.54, 1.807) is 6.07 Å². The van der Waals surface area contributed by atoms with Crippen molar-refractivity contribution in [2.24, 2.45) is 11.5 Å². The predicted octanol–water partition coefficient (Wildman–Crippen LogP) is 5.39. The average Bonchev–Trinajstić information content (AvgIpc) is 2.54. The molecule has 0 bridgehead atoms. The minimum atomic E-state index is -0.307. The van der Waals surface area contributed by atoms with E-state index in [9.17, 15) is 4.39 Å². The highest BCUT2D eigenvalue weighted by atomic mass is 79.9.